The number of aromatic nitrogens is 3. The van der Waals surface area contributed by atoms with Crippen LogP contribution in [-0.4, -0.2) is 40.6 Å². The van der Waals surface area contributed by atoms with Crippen LogP contribution in [0.15, 0.2) is 12.5 Å². The first-order valence-corrected chi connectivity index (χ1v) is 6.97. The molecule has 0 atom stereocenters. The lowest BCUT2D eigenvalue weighted by atomic mass is 9.99. The number of rotatable bonds is 4. The summed E-state index contributed by atoms with van der Waals surface area (Å²) >= 11 is 0. The topological polar surface area (TPSA) is 71.1 Å². The van der Waals surface area contributed by atoms with Crippen LogP contribution < -0.4 is 4.90 Å². The van der Waals surface area contributed by atoms with Crippen LogP contribution >= 0.6 is 0 Å². The Morgan fingerprint density at radius 2 is 2.25 bits per heavy atom. The Morgan fingerprint density at radius 1 is 1.45 bits per heavy atom. The van der Waals surface area contributed by atoms with E-state index in [2.05, 4.69) is 26.8 Å². The zero-order chi connectivity index (χ0) is 14.1. The lowest BCUT2D eigenvalue weighted by Gasteiger charge is -2.38. The van der Waals surface area contributed by atoms with Gasteiger partial charge in [-0.1, -0.05) is 6.92 Å². The van der Waals surface area contributed by atoms with Gasteiger partial charge in [-0.2, -0.15) is 0 Å². The predicted octanol–water partition coefficient (Wildman–Crippen LogP) is 1.52. The van der Waals surface area contributed by atoms with Crippen molar-refractivity contribution >= 4 is 22.8 Å². The summed E-state index contributed by atoms with van der Waals surface area (Å²) in [6.45, 7) is 5.70. The highest BCUT2D eigenvalue weighted by Gasteiger charge is 2.35. The van der Waals surface area contributed by atoms with Crippen LogP contribution in [0.3, 0.4) is 0 Å². The first-order valence-electron chi connectivity index (χ1n) is 6.97. The largest absolute Gasteiger partial charge is 0.466 e. The molecular weight excluding hydrogens is 256 g/mol. The third-order valence-electron chi connectivity index (χ3n) is 3.71. The van der Waals surface area contributed by atoms with Crippen molar-refractivity contribution in [2.24, 2.45) is 5.92 Å². The van der Waals surface area contributed by atoms with E-state index in [0.29, 0.717) is 19.7 Å². The number of carbonyl (C=O) groups is 1. The highest BCUT2D eigenvalue weighted by atomic mass is 16.5. The second-order valence-corrected chi connectivity index (χ2v) is 4.94. The second kappa shape index (κ2) is 5.11. The summed E-state index contributed by atoms with van der Waals surface area (Å²) < 4.78 is 5.04. The van der Waals surface area contributed by atoms with E-state index < -0.39 is 0 Å². The minimum Gasteiger partial charge on any atom is -0.466 e. The fourth-order valence-corrected chi connectivity index (χ4v) is 2.59. The van der Waals surface area contributed by atoms with Gasteiger partial charge in [0.15, 0.2) is 0 Å². The van der Waals surface area contributed by atoms with Gasteiger partial charge >= 0.3 is 5.97 Å². The molecule has 3 heterocycles. The van der Waals surface area contributed by atoms with Crippen LogP contribution in [0.4, 0.5) is 5.82 Å². The lowest BCUT2D eigenvalue weighted by molar-refractivity contribution is -0.148. The van der Waals surface area contributed by atoms with Crippen LogP contribution in [-0.2, 0) is 16.0 Å². The molecule has 0 bridgehead atoms. The summed E-state index contributed by atoms with van der Waals surface area (Å²) in [6.07, 6.45) is 4.46. The number of H-pyrrole nitrogens is 1. The molecule has 0 aliphatic carbocycles. The van der Waals surface area contributed by atoms with Crippen molar-refractivity contribution in [1.29, 1.82) is 0 Å². The van der Waals surface area contributed by atoms with Gasteiger partial charge in [0.05, 0.1) is 17.9 Å². The molecule has 3 rings (SSSR count). The second-order valence-electron chi connectivity index (χ2n) is 4.94. The normalized spacial score (nSPS) is 15.4. The number of nitrogens with one attached hydrogen (secondary N) is 1. The van der Waals surface area contributed by atoms with Gasteiger partial charge in [-0.15, -0.1) is 0 Å². The highest BCUT2D eigenvalue weighted by Crippen LogP contribution is 2.31. The summed E-state index contributed by atoms with van der Waals surface area (Å²) in [5.74, 6) is 0.761. The minimum absolute atomic E-state index is 0.0380. The van der Waals surface area contributed by atoms with Crippen LogP contribution in [0.25, 0.3) is 11.0 Å². The molecule has 1 aliphatic heterocycles. The Morgan fingerprint density at radius 3 is 2.95 bits per heavy atom. The van der Waals surface area contributed by atoms with Gasteiger partial charge < -0.3 is 14.6 Å². The molecule has 1 fully saturated rings. The van der Waals surface area contributed by atoms with Gasteiger partial charge in [0.1, 0.15) is 17.8 Å². The van der Waals surface area contributed by atoms with Gasteiger partial charge in [0.2, 0.25) is 0 Å². The quantitative estimate of drug-likeness (QED) is 0.856. The molecule has 0 radical (unpaired) electrons. The molecule has 6 nitrogen and oxygen atoms in total. The average molecular weight is 274 g/mol. The number of anilines is 1. The van der Waals surface area contributed by atoms with Gasteiger partial charge in [-0.05, 0) is 18.9 Å². The SMILES string of the molecule is CCOC(=O)C1CN(c2ncnc3[nH]cc(CC)c23)C1. The number of esters is 1. The molecule has 2 aromatic heterocycles. The number of aryl methyl sites for hydroxylation is 1. The van der Waals surface area contributed by atoms with Crippen molar-refractivity contribution in [1.82, 2.24) is 15.0 Å². The van der Waals surface area contributed by atoms with Gasteiger partial charge in [0.25, 0.3) is 0 Å². The summed E-state index contributed by atoms with van der Waals surface area (Å²) in [6, 6.07) is 0. The molecule has 0 saturated carbocycles. The van der Waals surface area contributed by atoms with Crippen LogP contribution in [0, 0.1) is 5.92 Å². The third-order valence-corrected chi connectivity index (χ3v) is 3.71. The Kier molecular flexibility index (Phi) is 3.30. The standard InChI is InChI=1S/C14H18N4O2/c1-3-9-5-15-12-11(9)13(17-8-16-12)18-6-10(7-18)14(19)20-4-2/h5,8,10H,3-4,6-7H2,1-2H3,(H,15,16,17). The van der Waals surface area contributed by atoms with Crippen molar-refractivity contribution in [3.63, 3.8) is 0 Å². The lowest BCUT2D eigenvalue weighted by Crippen LogP contribution is -2.51. The predicted molar refractivity (Wildman–Crippen MR) is 75.6 cm³/mol. The summed E-state index contributed by atoms with van der Waals surface area (Å²) in [5.41, 5.74) is 2.06. The molecule has 106 valence electrons. The first kappa shape index (κ1) is 12.9. The van der Waals surface area contributed by atoms with E-state index >= 15 is 0 Å². The van der Waals surface area contributed by atoms with Crippen molar-refractivity contribution in [3.8, 4) is 0 Å². The maximum atomic E-state index is 11.7. The van der Waals surface area contributed by atoms with E-state index in [1.165, 1.54) is 5.56 Å². The van der Waals surface area contributed by atoms with Crippen molar-refractivity contribution < 1.29 is 9.53 Å². The fourth-order valence-electron chi connectivity index (χ4n) is 2.59. The van der Waals surface area contributed by atoms with E-state index in [9.17, 15) is 4.79 Å². The van der Waals surface area contributed by atoms with E-state index in [4.69, 9.17) is 4.74 Å². The maximum absolute atomic E-state index is 11.7. The minimum atomic E-state index is -0.112. The number of ether oxygens (including phenoxy) is 1. The van der Waals surface area contributed by atoms with Crippen molar-refractivity contribution in [3.05, 3.63) is 18.1 Å². The van der Waals surface area contributed by atoms with Crippen LogP contribution in [0.5, 0.6) is 0 Å². The molecule has 0 amide bonds. The zero-order valence-corrected chi connectivity index (χ0v) is 11.7. The van der Waals surface area contributed by atoms with E-state index in [1.54, 1.807) is 6.33 Å². The van der Waals surface area contributed by atoms with Crippen LogP contribution in [0.1, 0.15) is 19.4 Å². The van der Waals surface area contributed by atoms with Gasteiger partial charge in [0, 0.05) is 19.3 Å². The Labute approximate surface area is 117 Å². The van der Waals surface area contributed by atoms with E-state index in [-0.39, 0.29) is 11.9 Å². The average Bonchev–Trinajstić information content (AvgIpc) is 2.81. The monoisotopic (exact) mass is 274 g/mol. The third kappa shape index (κ3) is 2.01. The maximum Gasteiger partial charge on any atom is 0.312 e. The number of fused-ring (bicyclic) bond motifs is 1. The number of aromatic amines is 1. The molecule has 0 unspecified atom stereocenters. The van der Waals surface area contributed by atoms with Crippen molar-refractivity contribution in [2.75, 3.05) is 24.6 Å². The molecule has 1 aliphatic rings. The highest BCUT2D eigenvalue weighted by molar-refractivity contribution is 5.92. The first-order chi connectivity index (χ1) is 9.74. The summed E-state index contributed by atoms with van der Waals surface area (Å²) in [5, 5.41) is 1.07. The Hall–Kier alpha value is -2.11. The van der Waals surface area contributed by atoms with Crippen LogP contribution in [0.2, 0.25) is 0 Å². The number of carbonyl (C=O) groups excluding carboxylic acids is 1. The molecule has 6 heteroatoms. The van der Waals surface area contributed by atoms with Gasteiger partial charge in [-0.25, -0.2) is 9.97 Å². The molecule has 20 heavy (non-hydrogen) atoms. The molecule has 1 saturated heterocycles. The molecule has 1 N–H and O–H groups in total. The zero-order valence-electron chi connectivity index (χ0n) is 11.7. The molecule has 2 aromatic rings. The Bertz CT molecular complexity index is 631. The molecule has 0 spiro atoms. The number of nitrogens with zero attached hydrogens (tertiary/aromatic N) is 3. The van der Waals surface area contributed by atoms with E-state index in [1.807, 2.05) is 13.1 Å². The molecular formula is C14H18N4O2. The Balaban J connectivity index is 1.83. The van der Waals surface area contributed by atoms with Gasteiger partial charge in [-0.3, -0.25) is 4.79 Å². The van der Waals surface area contributed by atoms with Crippen molar-refractivity contribution in [2.45, 2.75) is 20.3 Å². The number of hydrogen-bond donors (Lipinski definition) is 1. The fraction of sp³-hybridized carbons (Fsp3) is 0.500. The summed E-state index contributed by atoms with van der Waals surface area (Å²) in [7, 11) is 0. The smallest absolute Gasteiger partial charge is 0.312 e. The van der Waals surface area contributed by atoms with E-state index in [0.717, 1.165) is 23.3 Å². The summed E-state index contributed by atoms with van der Waals surface area (Å²) in [4.78, 5) is 25.6. The number of hydrogen-bond acceptors (Lipinski definition) is 5. The molecule has 0 aromatic carbocycles.